The topological polar surface area (TPSA) is 20.2 Å². The molecule has 82 valence electrons. The van der Waals surface area contributed by atoms with Gasteiger partial charge in [0, 0.05) is 4.90 Å². The predicted molar refractivity (Wildman–Crippen MR) is 63.6 cm³/mol. The molecule has 4 heteroatoms. The minimum atomic E-state index is -0.300. The number of hydrogen-bond acceptors (Lipinski definition) is 2. The van der Waals surface area contributed by atoms with Crippen molar-refractivity contribution in [1.82, 2.24) is 0 Å². The Labute approximate surface area is 102 Å². The summed E-state index contributed by atoms with van der Waals surface area (Å²) >= 11 is 7.04. The van der Waals surface area contributed by atoms with Crippen molar-refractivity contribution in [3.8, 4) is 5.75 Å². The lowest BCUT2D eigenvalue weighted by Gasteiger charge is -2.05. The van der Waals surface area contributed by atoms with E-state index in [9.17, 15) is 9.50 Å². The number of rotatable bonds is 2. The van der Waals surface area contributed by atoms with E-state index in [1.165, 1.54) is 23.9 Å². The Bertz CT molecular complexity index is 516. The Morgan fingerprint density at radius 2 is 1.88 bits per heavy atom. The van der Waals surface area contributed by atoms with Gasteiger partial charge in [0.1, 0.15) is 11.6 Å². The zero-order chi connectivity index (χ0) is 11.5. The number of phenols is 1. The summed E-state index contributed by atoms with van der Waals surface area (Å²) in [5.74, 6) is -0.273. The van der Waals surface area contributed by atoms with Crippen molar-refractivity contribution < 1.29 is 9.50 Å². The molecular formula is C12H8ClFOS. The second-order valence-electron chi connectivity index (χ2n) is 3.15. The lowest BCUT2D eigenvalue weighted by Crippen LogP contribution is -1.78. The monoisotopic (exact) mass is 254 g/mol. The van der Waals surface area contributed by atoms with Crippen molar-refractivity contribution in [2.75, 3.05) is 0 Å². The highest BCUT2D eigenvalue weighted by molar-refractivity contribution is 7.99. The van der Waals surface area contributed by atoms with Crippen LogP contribution in [0.3, 0.4) is 0 Å². The van der Waals surface area contributed by atoms with E-state index >= 15 is 0 Å². The van der Waals surface area contributed by atoms with Crippen molar-refractivity contribution in [2.45, 2.75) is 9.79 Å². The molecule has 2 aromatic rings. The maximum absolute atomic E-state index is 12.9. The minimum absolute atomic E-state index is 0.0263. The fourth-order valence-corrected chi connectivity index (χ4v) is 2.39. The normalized spacial score (nSPS) is 10.4. The summed E-state index contributed by atoms with van der Waals surface area (Å²) < 4.78 is 12.9. The standard InChI is InChI=1S/C12H8ClFOS/c13-10-5-2-6-11(12(10)15)16-9-4-1-3-8(14)7-9/h1-7,15H. The molecule has 1 N–H and O–H groups in total. The molecule has 2 rings (SSSR count). The first-order valence-electron chi connectivity index (χ1n) is 4.58. The van der Waals surface area contributed by atoms with Gasteiger partial charge in [-0.3, -0.25) is 0 Å². The fourth-order valence-electron chi connectivity index (χ4n) is 1.24. The van der Waals surface area contributed by atoms with Gasteiger partial charge in [-0.25, -0.2) is 4.39 Å². The molecule has 0 heterocycles. The number of para-hydroxylation sites is 1. The maximum atomic E-state index is 12.9. The molecule has 0 radical (unpaired) electrons. The average Bonchev–Trinajstić information content (AvgIpc) is 2.25. The van der Waals surface area contributed by atoms with Crippen molar-refractivity contribution in [3.63, 3.8) is 0 Å². The van der Waals surface area contributed by atoms with Gasteiger partial charge < -0.3 is 5.11 Å². The van der Waals surface area contributed by atoms with Gasteiger partial charge in [-0.1, -0.05) is 35.5 Å². The first-order chi connectivity index (χ1) is 7.66. The molecule has 16 heavy (non-hydrogen) atoms. The van der Waals surface area contributed by atoms with E-state index in [2.05, 4.69) is 0 Å². The van der Waals surface area contributed by atoms with Gasteiger partial charge in [-0.15, -0.1) is 0 Å². The Hall–Kier alpha value is -1.19. The Morgan fingerprint density at radius 3 is 2.62 bits per heavy atom. The van der Waals surface area contributed by atoms with E-state index in [1.54, 1.807) is 30.3 Å². The van der Waals surface area contributed by atoms with Crippen LogP contribution in [0.15, 0.2) is 52.3 Å². The summed E-state index contributed by atoms with van der Waals surface area (Å²) in [6.45, 7) is 0. The van der Waals surface area contributed by atoms with Crippen LogP contribution >= 0.6 is 23.4 Å². The van der Waals surface area contributed by atoms with Crippen molar-refractivity contribution in [3.05, 3.63) is 53.3 Å². The number of halogens is 2. The first kappa shape index (κ1) is 11.3. The third-order valence-electron chi connectivity index (χ3n) is 1.97. The third-order valence-corrected chi connectivity index (χ3v) is 3.32. The highest BCUT2D eigenvalue weighted by Gasteiger charge is 2.06. The fraction of sp³-hybridized carbons (Fsp3) is 0. The molecule has 0 saturated heterocycles. The van der Waals surface area contributed by atoms with Crippen LogP contribution < -0.4 is 0 Å². The van der Waals surface area contributed by atoms with E-state index < -0.39 is 0 Å². The lowest BCUT2D eigenvalue weighted by molar-refractivity contribution is 0.463. The van der Waals surface area contributed by atoms with Crippen LogP contribution in [-0.4, -0.2) is 5.11 Å². The number of benzene rings is 2. The molecule has 1 nitrogen and oxygen atoms in total. The van der Waals surface area contributed by atoms with Crippen LogP contribution in [0.2, 0.25) is 5.02 Å². The second kappa shape index (κ2) is 4.76. The number of aromatic hydroxyl groups is 1. The smallest absolute Gasteiger partial charge is 0.148 e. The summed E-state index contributed by atoms with van der Waals surface area (Å²) in [5.41, 5.74) is 0. The summed E-state index contributed by atoms with van der Waals surface area (Å²) in [7, 11) is 0. The van der Waals surface area contributed by atoms with Crippen LogP contribution in [0, 0.1) is 5.82 Å². The zero-order valence-corrected chi connectivity index (χ0v) is 9.73. The summed E-state index contributed by atoms with van der Waals surface area (Å²) in [4.78, 5) is 1.33. The summed E-state index contributed by atoms with van der Waals surface area (Å²) in [5, 5.41) is 9.97. The highest BCUT2D eigenvalue weighted by atomic mass is 35.5. The summed E-state index contributed by atoms with van der Waals surface area (Å²) in [6, 6.07) is 11.3. The highest BCUT2D eigenvalue weighted by Crippen LogP contribution is 2.38. The van der Waals surface area contributed by atoms with Crippen LogP contribution in [0.1, 0.15) is 0 Å². The number of phenolic OH excluding ortho intramolecular Hbond substituents is 1. The third kappa shape index (κ3) is 2.49. The summed E-state index contributed by atoms with van der Waals surface area (Å²) in [6.07, 6.45) is 0. The van der Waals surface area contributed by atoms with Crippen LogP contribution in [0.4, 0.5) is 4.39 Å². The van der Waals surface area contributed by atoms with Crippen molar-refractivity contribution >= 4 is 23.4 Å². The molecule has 0 aliphatic heterocycles. The van der Waals surface area contributed by atoms with Crippen molar-refractivity contribution in [2.24, 2.45) is 0 Å². The molecule has 0 unspecified atom stereocenters. The molecule has 0 saturated carbocycles. The van der Waals surface area contributed by atoms with E-state index in [0.717, 1.165) is 4.90 Å². The lowest BCUT2D eigenvalue weighted by atomic mass is 10.3. The average molecular weight is 255 g/mol. The predicted octanol–water partition coefficient (Wildman–Crippen LogP) is 4.34. The van der Waals surface area contributed by atoms with Crippen LogP contribution in [0.5, 0.6) is 5.75 Å². The Kier molecular flexibility index (Phi) is 3.36. The van der Waals surface area contributed by atoms with Crippen LogP contribution in [0.25, 0.3) is 0 Å². The Balaban J connectivity index is 2.31. The number of hydrogen-bond donors (Lipinski definition) is 1. The molecule has 0 atom stereocenters. The Morgan fingerprint density at radius 1 is 1.12 bits per heavy atom. The van der Waals surface area contributed by atoms with E-state index in [1.807, 2.05) is 0 Å². The van der Waals surface area contributed by atoms with Gasteiger partial charge in [-0.05, 0) is 30.3 Å². The zero-order valence-electron chi connectivity index (χ0n) is 8.15. The van der Waals surface area contributed by atoms with Gasteiger partial charge in [0.25, 0.3) is 0 Å². The van der Waals surface area contributed by atoms with Gasteiger partial charge in [0.2, 0.25) is 0 Å². The molecule has 0 aliphatic rings. The van der Waals surface area contributed by atoms with Crippen molar-refractivity contribution in [1.29, 1.82) is 0 Å². The van der Waals surface area contributed by atoms with E-state index in [4.69, 9.17) is 11.6 Å². The van der Waals surface area contributed by atoms with Gasteiger partial charge in [0.15, 0.2) is 0 Å². The van der Waals surface area contributed by atoms with Crippen LogP contribution in [-0.2, 0) is 0 Å². The van der Waals surface area contributed by atoms with E-state index in [-0.39, 0.29) is 11.6 Å². The molecule has 0 bridgehead atoms. The second-order valence-corrected chi connectivity index (χ2v) is 4.67. The molecule has 0 aliphatic carbocycles. The molecule has 0 amide bonds. The maximum Gasteiger partial charge on any atom is 0.148 e. The first-order valence-corrected chi connectivity index (χ1v) is 5.77. The molecule has 0 spiro atoms. The van der Waals surface area contributed by atoms with E-state index in [0.29, 0.717) is 9.92 Å². The molecule has 2 aromatic carbocycles. The SMILES string of the molecule is Oc1c(Cl)cccc1Sc1cccc(F)c1. The largest absolute Gasteiger partial charge is 0.505 e. The molecular weight excluding hydrogens is 247 g/mol. The van der Waals surface area contributed by atoms with Gasteiger partial charge in [0.05, 0.1) is 9.92 Å². The minimum Gasteiger partial charge on any atom is -0.505 e. The molecule has 0 fully saturated rings. The van der Waals surface area contributed by atoms with Gasteiger partial charge >= 0.3 is 0 Å². The molecule has 0 aromatic heterocycles. The quantitative estimate of drug-likeness (QED) is 0.861. The van der Waals surface area contributed by atoms with Gasteiger partial charge in [-0.2, -0.15) is 0 Å².